The first-order valence-electron chi connectivity index (χ1n) is 17.5. The number of nitrogens with zero attached hydrogens (tertiary/aromatic N) is 2. The van der Waals surface area contributed by atoms with Crippen molar-refractivity contribution in [1.29, 1.82) is 0 Å². The lowest BCUT2D eigenvalue weighted by Crippen LogP contribution is -2.26. The molecule has 0 saturated carbocycles. The normalized spacial score (nSPS) is 13.6. The fourth-order valence-corrected chi connectivity index (χ4v) is 8.77. The van der Waals surface area contributed by atoms with Crippen molar-refractivity contribution in [3.63, 3.8) is 0 Å². The van der Waals surface area contributed by atoms with Gasteiger partial charge in [-0.25, -0.2) is 0 Å². The summed E-state index contributed by atoms with van der Waals surface area (Å²) >= 11 is 0. The highest BCUT2D eigenvalue weighted by atomic mass is 15.0. The number of aromatic nitrogens is 2. The number of benzene rings is 6. The Hall–Kier alpha value is -5.08. The maximum absolute atomic E-state index is 2.56. The predicted octanol–water partition coefficient (Wildman–Crippen LogP) is 12.5. The Bertz CT molecular complexity index is 2170. The maximum Gasteiger partial charge on any atom is 0.0541 e. The average Bonchev–Trinajstić information content (AvgIpc) is 3.74. The molecular weight excluding hydrogens is 569 g/mol. The van der Waals surface area contributed by atoms with Gasteiger partial charge in [-0.3, -0.25) is 0 Å². The number of unbranched alkanes of at least 4 members (excludes halogenated alkanes) is 2. The molecular formula is C45H40N2. The van der Waals surface area contributed by atoms with Gasteiger partial charge in [-0.05, 0) is 83.6 Å². The summed E-state index contributed by atoms with van der Waals surface area (Å²) in [5.41, 5.74) is 13.4. The summed E-state index contributed by atoms with van der Waals surface area (Å²) in [5, 5.41) is 5.24. The van der Waals surface area contributed by atoms with Crippen molar-refractivity contribution < 1.29 is 0 Å². The molecule has 0 atom stereocenters. The van der Waals surface area contributed by atoms with Crippen molar-refractivity contribution in [3.8, 4) is 22.5 Å². The Labute approximate surface area is 276 Å². The second-order valence-corrected chi connectivity index (χ2v) is 13.5. The molecule has 0 saturated heterocycles. The summed E-state index contributed by atoms with van der Waals surface area (Å²) in [6.07, 6.45) is 7.13. The van der Waals surface area contributed by atoms with E-state index in [1.165, 1.54) is 103 Å². The lowest BCUT2D eigenvalue weighted by molar-refractivity contribution is 0.414. The molecule has 2 heteroatoms. The molecule has 9 rings (SSSR count). The van der Waals surface area contributed by atoms with Crippen LogP contribution in [0.15, 0.2) is 133 Å². The molecule has 0 amide bonds. The molecule has 2 nitrogen and oxygen atoms in total. The molecule has 1 aliphatic rings. The molecule has 2 heterocycles. The molecule has 0 radical (unpaired) electrons. The quantitative estimate of drug-likeness (QED) is 0.162. The molecule has 1 aliphatic carbocycles. The van der Waals surface area contributed by atoms with Gasteiger partial charge in [0.2, 0.25) is 0 Å². The molecule has 0 N–H and O–H groups in total. The number of rotatable bonds is 8. The van der Waals surface area contributed by atoms with Crippen molar-refractivity contribution in [1.82, 2.24) is 9.13 Å². The summed E-state index contributed by atoms with van der Waals surface area (Å²) in [5.74, 6) is 0. The van der Waals surface area contributed by atoms with Gasteiger partial charge in [-0.15, -0.1) is 0 Å². The largest absolute Gasteiger partial charge is 0.309 e. The van der Waals surface area contributed by atoms with Crippen LogP contribution in [-0.4, -0.2) is 9.13 Å². The van der Waals surface area contributed by atoms with Crippen LogP contribution >= 0.6 is 0 Å². The van der Waals surface area contributed by atoms with E-state index in [0.29, 0.717) is 0 Å². The smallest absolute Gasteiger partial charge is 0.0541 e. The highest BCUT2D eigenvalue weighted by Gasteiger charge is 2.42. The fourth-order valence-electron chi connectivity index (χ4n) is 8.77. The number of fused-ring (bicyclic) bond motifs is 9. The van der Waals surface area contributed by atoms with Crippen molar-refractivity contribution in [2.75, 3.05) is 0 Å². The lowest BCUT2D eigenvalue weighted by Gasteiger charge is -2.33. The molecule has 0 unspecified atom stereocenters. The second kappa shape index (κ2) is 11.0. The summed E-state index contributed by atoms with van der Waals surface area (Å²) in [6.45, 7) is 4.68. The van der Waals surface area contributed by atoms with Crippen LogP contribution in [0.3, 0.4) is 0 Å². The number of hydrogen-bond acceptors (Lipinski definition) is 0. The zero-order valence-electron chi connectivity index (χ0n) is 27.3. The van der Waals surface area contributed by atoms with Crippen molar-refractivity contribution in [2.24, 2.45) is 0 Å². The summed E-state index contributed by atoms with van der Waals surface area (Å²) in [4.78, 5) is 0. The lowest BCUT2D eigenvalue weighted by atomic mass is 9.70. The SMILES string of the molecule is CCCCC1(CCCC)c2cc(-n3c4ccccc4c4ccccc43)ccc2-c2ccc(-n3c4ccccc4c4ccccc43)cc21. The van der Waals surface area contributed by atoms with E-state index in [9.17, 15) is 0 Å². The van der Waals surface area contributed by atoms with Crippen LogP contribution in [0.25, 0.3) is 66.1 Å². The third kappa shape index (κ3) is 4.10. The van der Waals surface area contributed by atoms with Crippen LogP contribution in [0, 0.1) is 0 Å². The van der Waals surface area contributed by atoms with E-state index >= 15 is 0 Å². The molecule has 0 fully saturated rings. The minimum Gasteiger partial charge on any atom is -0.309 e. The predicted molar refractivity (Wildman–Crippen MR) is 200 cm³/mol. The van der Waals surface area contributed by atoms with Crippen LogP contribution in [0.1, 0.15) is 63.5 Å². The van der Waals surface area contributed by atoms with Crippen molar-refractivity contribution in [3.05, 3.63) is 145 Å². The van der Waals surface area contributed by atoms with Crippen LogP contribution < -0.4 is 0 Å². The highest BCUT2D eigenvalue weighted by molar-refractivity contribution is 6.10. The van der Waals surface area contributed by atoms with Gasteiger partial charge in [0.25, 0.3) is 0 Å². The molecule has 8 aromatic rings. The van der Waals surface area contributed by atoms with Crippen molar-refractivity contribution in [2.45, 2.75) is 57.8 Å². The molecule has 6 aromatic carbocycles. The van der Waals surface area contributed by atoms with Gasteiger partial charge in [0.1, 0.15) is 0 Å². The van der Waals surface area contributed by atoms with E-state index in [2.05, 4.69) is 156 Å². The molecule has 0 bridgehead atoms. The summed E-state index contributed by atoms with van der Waals surface area (Å²) in [6, 6.07) is 50.2. The Balaban J connectivity index is 1.29. The first-order valence-corrected chi connectivity index (χ1v) is 17.5. The third-order valence-electron chi connectivity index (χ3n) is 10.9. The van der Waals surface area contributed by atoms with Crippen molar-refractivity contribution >= 4 is 43.6 Å². The minimum absolute atomic E-state index is 0.0276. The standard InChI is InChI=1S/C45H40N2/c1-3-5-27-45(28-6-4-2)39-29-31(46-41-19-11-7-15-35(41)36-16-8-12-20-42(36)46)23-25-33(39)34-26-24-32(30-40(34)45)47-43-21-13-9-17-37(43)38-18-10-14-22-44(38)47/h7-26,29-30H,3-6,27-28H2,1-2H3. The van der Waals surface area contributed by atoms with Crippen LogP contribution in [0.4, 0.5) is 0 Å². The van der Waals surface area contributed by atoms with Gasteiger partial charge in [0.15, 0.2) is 0 Å². The molecule has 230 valence electrons. The van der Waals surface area contributed by atoms with Gasteiger partial charge in [-0.1, -0.05) is 124 Å². The summed E-state index contributed by atoms with van der Waals surface area (Å²) in [7, 11) is 0. The second-order valence-electron chi connectivity index (χ2n) is 13.5. The van der Waals surface area contributed by atoms with Crippen LogP contribution in [0.2, 0.25) is 0 Å². The number of para-hydroxylation sites is 4. The van der Waals surface area contributed by atoms with Gasteiger partial charge in [-0.2, -0.15) is 0 Å². The van der Waals surface area contributed by atoms with Crippen LogP contribution in [-0.2, 0) is 5.41 Å². The van der Waals surface area contributed by atoms with E-state index in [1.807, 2.05) is 0 Å². The Morgan fingerprint density at radius 2 is 0.766 bits per heavy atom. The summed E-state index contributed by atoms with van der Waals surface area (Å²) < 4.78 is 4.98. The van der Waals surface area contributed by atoms with E-state index < -0.39 is 0 Å². The molecule has 0 aliphatic heterocycles. The van der Waals surface area contributed by atoms with E-state index in [-0.39, 0.29) is 5.41 Å². The first kappa shape index (κ1) is 28.2. The monoisotopic (exact) mass is 608 g/mol. The van der Waals surface area contributed by atoms with Gasteiger partial charge >= 0.3 is 0 Å². The first-order chi connectivity index (χ1) is 23.2. The Kier molecular flexibility index (Phi) is 6.61. The maximum atomic E-state index is 2.56. The highest BCUT2D eigenvalue weighted by Crippen LogP contribution is 2.55. The molecule has 47 heavy (non-hydrogen) atoms. The topological polar surface area (TPSA) is 9.86 Å². The Morgan fingerprint density at radius 1 is 0.426 bits per heavy atom. The fraction of sp³-hybridized carbons (Fsp3) is 0.200. The van der Waals surface area contributed by atoms with E-state index in [1.54, 1.807) is 0 Å². The zero-order valence-corrected chi connectivity index (χ0v) is 27.3. The van der Waals surface area contributed by atoms with E-state index in [4.69, 9.17) is 0 Å². The molecule has 2 aromatic heterocycles. The van der Waals surface area contributed by atoms with Gasteiger partial charge < -0.3 is 9.13 Å². The number of hydrogen-bond donors (Lipinski definition) is 0. The molecule has 0 spiro atoms. The minimum atomic E-state index is -0.0276. The van der Waals surface area contributed by atoms with Gasteiger partial charge in [0.05, 0.1) is 22.1 Å². The third-order valence-corrected chi connectivity index (χ3v) is 10.9. The average molecular weight is 609 g/mol. The van der Waals surface area contributed by atoms with Gasteiger partial charge in [0, 0.05) is 38.3 Å². The Morgan fingerprint density at radius 3 is 1.11 bits per heavy atom. The zero-order chi connectivity index (χ0) is 31.5. The van der Waals surface area contributed by atoms with Crippen LogP contribution in [0.5, 0.6) is 0 Å². The van der Waals surface area contributed by atoms with E-state index in [0.717, 1.165) is 12.8 Å².